The summed E-state index contributed by atoms with van der Waals surface area (Å²) in [5, 5.41) is 20.8. The van der Waals surface area contributed by atoms with Crippen LogP contribution in [0.1, 0.15) is 25.7 Å². The van der Waals surface area contributed by atoms with Crippen molar-refractivity contribution >= 4 is 29.5 Å². The SMILES string of the molecule is CSCCCCCC(C(=O)[O-])C(=O)C(=O)[O-]. The van der Waals surface area contributed by atoms with Crippen LogP contribution >= 0.6 is 11.8 Å². The average Bonchev–Trinajstić information content (AvgIpc) is 2.21. The Bertz CT molecular complexity index is 264. The van der Waals surface area contributed by atoms with Gasteiger partial charge in [0.15, 0.2) is 5.78 Å². The smallest absolute Gasteiger partial charge is 0.186 e. The lowest BCUT2D eigenvalue weighted by Crippen LogP contribution is -2.44. The first-order chi connectivity index (χ1) is 7.50. The third-order valence-electron chi connectivity index (χ3n) is 2.14. The predicted octanol–water partition coefficient (Wildman–Crippen LogP) is -1.41. The van der Waals surface area contributed by atoms with Gasteiger partial charge in [0.2, 0.25) is 0 Å². The number of thioether (sulfide) groups is 1. The summed E-state index contributed by atoms with van der Waals surface area (Å²) in [5.74, 6) is -5.61. The van der Waals surface area contributed by atoms with E-state index in [1.165, 1.54) is 0 Å². The number of carbonyl (C=O) groups excluding carboxylic acids is 3. The summed E-state index contributed by atoms with van der Waals surface area (Å²) in [6.45, 7) is 0. The second kappa shape index (κ2) is 8.15. The lowest BCUT2D eigenvalue weighted by atomic mass is 9.97. The molecule has 1 atom stereocenters. The van der Waals surface area contributed by atoms with Crippen molar-refractivity contribution in [2.75, 3.05) is 12.0 Å². The van der Waals surface area contributed by atoms with E-state index < -0.39 is 23.6 Å². The van der Waals surface area contributed by atoms with E-state index in [2.05, 4.69) is 0 Å². The van der Waals surface area contributed by atoms with Gasteiger partial charge in [-0.25, -0.2) is 0 Å². The molecule has 0 radical (unpaired) electrons. The molecule has 0 heterocycles. The third-order valence-corrected chi connectivity index (χ3v) is 2.84. The first-order valence-electron chi connectivity index (χ1n) is 4.95. The molecule has 0 aliphatic rings. The maximum atomic E-state index is 10.9. The van der Waals surface area contributed by atoms with Crippen LogP contribution in [0.3, 0.4) is 0 Å². The highest BCUT2D eigenvalue weighted by atomic mass is 32.2. The summed E-state index contributed by atoms with van der Waals surface area (Å²) in [6.07, 6.45) is 4.15. The van der Waals surface area contributed by atoms with Crippen molar-refractivity contribution in [3.8, 4) is 0 Å². The largest absolute Gasteiger partial charge is 0.549 e. The van der Waals surface area contributed by atoms with E-state index in [1.807, 2.05) is 6.26 Å². The molecule has 0 spiro atoms. The number of hydrogen-bond donors (Lipinski definition) is 0. The summed E-state index contributed by atoms with van der Waals surface area (Å²) >= 11 is 1.68. The van der Waals surface area contributed by atoms with Crippen LogP contribution in [0.25, 0.3) is 0 Å². The van der Waals surface area contributed by atoms with Crippen LogP contribution in [0.5, 0.6) is 0 Å². The van der Waals surface area contributed by atoms with Crippen LogP contribution in [-0.2, 0) is 14.4 Å². The van der Waals surface area contributed by atoms with Crippen LogP contribution in [0.4, 0.5) is 0 Å². The normalized spacial score (nSPS) is 12.1. The van der Waals surface area contributed by atoms with Gasteiger partial charge >= 0.3 is 0 Å². The Labute approximate surface area is 98.2 Å². The number of rotatable bonds is 9. The van der Waals surface area contributed by atoms with Gasteiger partial charge in [-0.15, -0.1) is 0 Å². The Hall–Kier alpha value is -1.04. The number of unbranched alkanes of at least 4 members (excludes halogenated alkanes) is 2. The first-order valence-corrected chi connectivity index (χ1v) is 6.35. The molecule has 5 nitrogen and oxygen atoms in total. The minimum atomic E-state index is -1.96. The second-order valence-corrected chi connectivity index (χ2v) is 4.35. The Balaban J connectivity index is 4.01. The zero-order valence-corrected chi connectivity index (χ0v) is 9.88. The molecule has 0 fully saturated rings. The lowest BCUT2D eigenvalue weighted by Gasteiger charge is -2.16. The summed E-state index contributed by atoms with van der Waals surface area (Å²) < 4.78 is 0. The fraction of sp³-hybridized carbons (Fsp3) is 0.700. The van der Waals surface area contributed by atoms with E-state index in [1.54, 1.807) is 11.8 Å². The number of ketones is 1. The highest BCUT2D eigenvalue weighted by Gasteiger charge is 2.19. The molecule has 0 amide bonds. The van der Waals surface area contributed by atoms with E-state index >= 15 is 0 Å². The topological polar surface area (TPSA) is 97.3 Å². The summed E-state index contributed by atoms with van der Waals surface area (Å²) in [7, 11) is 0. The zero-order chi connectivity index (χ0) is 12.6. The Morgan fingerprint density at radius 1 is 1.12 bits per heavy atom. The van der Waals surface area contributed by atoms with Gasteiger partial charge in [0.1, 0.15) is 5.97 Å². The Morgan fingerprint density at radius 2 is 1.75 bits per heavy atom. The monoisotopic (exact) mass is 246 g/mol. The molecule has 0 aliphatic heterocycles. The number of carboxylic acid groups (broad SMARTS) is 2. The number of carboxylic acids is 2. The van der Waals surface area contributed by atoms with Crippen molar-refractivity contribution < 1.29 is 24.6 Å². The van der Waals surface area contributed by atoms with Crippen molar-refractivity contribution in [1.29, 1.82) is 0 Å². The van der Waals surface area contributed by atoms with Gasteiger partial charge in [0.25, 0.3) is 0 Å². The highest BCUT2D eigenvalue weighted by Crippen LogP contribution is 2.12. The summed E-state index contributed by atoms with van der Waals surface area (Å²) in [4.78, 5) is 31.7. The molecule has 0 bridgehead atoms. The Kier molecular flexibility index (Phi) is 7.62. The second-order valence-electron chi connectivity index (χ2n) is 3.37. The number of Topliss-reactive ketones (excluding diaryl/α,β-unsaturated/α-hetero) is 1. The van der Waals surface area contributed by atoms with Gasteiger partial charge in [-0.05, 0) is 24.9 Å². The zero-order valence-electron chi connectivity index (χ0n) is 9.06. The molecular formula is C10H14O5S-2. The van der Waals surface area contributed by atoms with Crippen LogP contribution in [-0.4, -0.2) is 29.7 Å². The van der Waals surface area contributed by atoms with Gasteiger partial charge in [-0.1, -0.05) is 12.8 Å². The number of hydrogen-bond acceptors (Lipinski definition) is 6. The molecule has 0 aromatic carbocycles. The van der Waals surface area contributed by atoms with Gasteiger partial charge in [-0.2, -0.15) is 11.8 Å². The predicted molar refractivity (Wildman–Crippen MR) is 55.4 cm³/mol. The Morgan fingerprint density at radius 3 is 2.19 bits per heavy atom. The molecule has 0 N–H and O–H groups in total. The van der Waals surface area contributed by atoms with Crippen molar-refractivity contribution in [1.82, 2.24) is 0 Å². The molecule has 0 aromatic heterocycles. The minimum absolute atomic E-state index is 0.00350. The maximum absolute atomic E-state index is 10.9. The van der Waals surface area contributed by atoms with Gasteiger partial charge in [0.05, 0.1) is 11.9 Å². The molecule has 0 aromatic rings. The molecule has 0 rings (SSSR count). The van der Waals surface area contributed by atoms with Crippen molar-refractivity contribution in [3.63, 3.8) is 0 Å². The molecule has 0 saturated heterocycles. The fourth-order valence-corrected chi connectivity index (χ4v) is 1.76. The van der Waals surface area contributed by atoms with Gasteiger partial charge in [-0.3, -0.25) is 4.79 Å². The van der Waals surface area contributed by atoms with E-state index in [0.717, 1.165) is 18.6 Å². The summed E-state index contributed by atoms with van der Waals surface area (Å²) in [6, 6.07) is 0. The fourth-order valence-electron chi connectivity index (χ4n) is 1.27. The van der Waals surface area contributed by atoms with E-state index in [-0.39, 0.29) is 6.42 Å². The standard InChI is InChI=1S/C10H16O5S/c1-16-6-4-2-3-5-7(9(12)13)8(11)10(14)15/h7H,2-6H2,1H3,(H,12,13)(H,14,15)/p-2. The van der Waals surface area contributed by atoms with Crippen molar-refractivity contribution in [3.05, 3.63) is 0 Å². The average molecular weight is 246 g/mol. The van der Waals surface area contributed by atoms with Crippen LogP contribution in [0.15, 0.2) is 0 Å². The molecule has 16 heavy (non-hydrogen) atoms. The molecule has 6 heteroatoms. The quantitative estimate of drug-likeness (QED) is 0.282. The van der Waals surface area contributed by atoms with E-state index in [0.29, 0.717) is 6.42 Å². The summed E-state index contributed by atoms with van der Waals surface area (Å²) in [5.41, 5.74) is 0. The van der Waals surface area contributed by atoms with Gasteiger partial charge < -0.3 is 19.8 Å². The van der Waals surface area contributed by atoms with E-state index in [9.17, 15) is 24.6 Å². The molecule has 1 unspecified atom stereocenters. The van der Waals surface area contributed by atoms with E-state index in [4.69, 9.17) is 0 Å². The van der Waals surface area contributed by atoms with Crippen LogP contribution < -0.4 is 10.2 Å². The molecule has 0 aliphatic carbocycles. The van der Waals surface area contributed by atoms with Crippen molar-refractivity contribution in [2.24, 2.45) is 5.92 Å². The minimum Gasteiger partial charge on any atom is -0.549 e. The number of carbonyl (C=O) groups is 3. The maximum Gasteiger partial charge on any atom is 0.186 e. The molecular weight excluding hydrogens is 232 g/mol. The highest BCUT2D eigenvalue weighted by molar-refractivity contribution is 7.98. The lowest BCUT2D eigenvalue weighted by molar-refractivity contribution is -0.314. The molecule has 0 saturated carbocycles. The first kappa shape index (κ1) is 15.0. The van der Waals surface area contributed by atoms with Crippen LogP contribution in [0, 0.1) is 5.92 Å². The number of aliphatic carboxylic acids is 2. The van der Waals surface area contributed by atoms with Crippen molar-refractivity contribution in [2.45, 2.75) is 25.7 Å². The van der Waals surface area contributed by atoms with Gasteiger partial charge in [0, 0.05) is 0 Å². The van der Waals surface area contributed by atoms with Crippen LogP contribution in [0.2, 0.25) is 0 Å². The molecule has 92 valence electrons. The third kappa shape index (κ3) is 5.75.